The maximum absolute atomic E-state index is 13.7. The van der Waals surface area contributed by atoms with Crippen LogP contribution < -0.4 is 5.32 Å². The van der Waals surface area contributed by atoms with Crippen LogP contribution in [0.3, 0.4) is 0 Å². The van der Waals surface area contributed by atoms with Gasteiger partial charge in [0.05, 0.1) is 10.5 Å². The number of hydrogen-bond acceptors (Lipinski definition) is 6. The smallest absolute Gasteiger partial charge is 0.257 e. The number of likely N-dealkylation sites (tertiary alicyclic amines) is 1. The lowest BCUT2D eigenvalue weighted by atomic mass is 10.00. The fraction of sp³-hybridized carbons (Fsp3) is 0.448. The van der Waals surface area contributed by atoms with Crippen LogP contribution in [0.15, 0.2) is 54.5 Å². The van der Waals surface area contributed by atoms with E-state index in [1.165, 1.54) is 52.1 Å². The first-order valence-corrected chi connectivity index (χ1v) is 15.7. The number of nitrogens with zero attached hydrogens (tertiary/aromatic N) is 3. The van der Waals surface area contributed by atoms with Gasteiger partial charge in [-0.1, -0.05) is 12.2 Å². The maximum Gasteiger partial charge on any atom is 0.257 e. The minimum atomic E-state index is -3.77. The van der Waals surface area contributed by atoms with Gasteiger partial charge in [0.1, 0.15) is 5.00 Å². The van der Waals surface area contributed by atoms with Crippen LogP contribution in [0.5, 0.6) is 0 Å². The Morgan fingerprint density at radius 2 is 1.69 bits per heavy atom. The minimum Gasteiger partial charge on any atom is -0.339 e. The van der Waals surface area contributed by atoms with Gasteiger partial charge in [0, 0.05) is 55.8 Å². The minimum absolute atomic E-state index is 0.00790. The summed E-state index contributed by atoms with van der Waals surface area (Å²) in [4.78, 5) is 32.5. The third-order valence-electron chi connectivity index (χ3n) is 7.32. The predicted molar refractivity (Wildman–Crippen MR) is 157 cm³/mol. The molecule has 210 valence electrons. The van der Waals surface area contributed by atoms with Crippen LogP contribution >= 0.6 is 11.3 Å². The molecule has 0 unspecified atom stereocenters. The number of sulfonamides is 1. The summed E-state index contributed by atoms with van der Waals surface area (Å²) in [5.41, 5.74) is 1.99. The molecule has 0 spiro atoms. The van der Waals surface area contributed by atoms with Crippen LogP contribution in [0.1, 0.15) is 64.3 Å². The highest BCUT2D eigenvalue weighted by Crippen LogP contribution is 2.39. The van der Waals surface area contributed by atoms with Crippen molar-refractivity contribution in [3.63, 3.8) is 0 Å². The molecule has 2 aromatic rings. The number of carbonyl (C=O) groups is 2. The van der Waals surface area contributed by atoms with Gasteiger partial charge >= 0.3 is 0 Å². The topological polar surface area (TPSA) is 90.0 Å². The number of carbonyl (C=O) groups excluding carboxylic acids is 2. The Morgan fingerprint density at radius 3 is 2.28 bits per heavy atom. The molecule has 2 aliphatic heterocycles. The molecule has 2 amide bonds. The van der Waals surface area contributed by atoms with Crippen LogP contribution in [0.25, 0.3) is 0 Å². The molecular formula is C29H38N4O4S2. The molecule has 0 atom stereocenters. The number of piperidine rings is 1. The fourth-order valence-corrected chi connectivity index (χ4v) is 7.74. The fourth-order valence-electron chi connectivity index (χ4n) is 5.09. The summed E-state index contributed by atoms with van der Waals surface area (Å²) in [5, 5.41) is 3.57. The van der Waals surface area contributed by atoms with Crippen molar-refractivity contribution in [2.75, 3.05) is 38.0 Å². The van der Waals surface area contributed by atoms with Crippen molar-refractivity contribution in [2.24, 2.45) is 0 Å². The molecule has 3 heterocycles. The highest BCUT2D eigenvalue weighted by Gasteiger charge is 2.32. The van der Waals surface area contributed by atoms with Gasteiger partial charge in [0.2, 0.25) is 10.0 Å². The molecule has 0 saturated carbocycles. The first kappa shape index (κ1) is 29.2. The van der Waals surface area contributed by atoms with Gasteiger partial charge < -0.3 is 10.2 Å². The molecule has 1 N–H and O–H groups in total. The van der Waals surface area contributed by atoms with E-state index in [1.807, 2.05) is 4.90 Å². The Morgan fingerprint density at radius 1 is 1.05 bits per heavy atom. The molecule has 1 aromatic carbocycles. The predicted octanol–water partition coefficient (Wildman–Crippen LogP) is 4.76. The number of fused-ring (bicyclic) bond motifs is 1. The highest BCUT2D eigenvalue weighted by molar-refractivity contribution is 7.89. The van der Waals surface area contributed by atoms with E-state index >= 15 is 0 Å². The molecule has 4 rings (SSSR count). The second-order valence-electron chi connectivity index (χ2n) is 10.3. The van der Waals surface area contributed by atoms with E-state index in [0.29, 0.717) is 22.2 Å². The average molecular weight is 571 g/mol. The Bertz CT molecular complexity index is 1320. The van der Waals surface area contributed by atoms with Crippen LogP contribution in [0.2, 0.25) is 0 Å². The molecule has 1 aromatic heterocycles. The lowest BCUT2D eigenvalue weighted by Crippen LogP contribution is -2.38. The number of anilines is 1. The van der Waals surface area contributed by atoms with Crippen molar-refractivity contribution in [1.82, 2.24) is 14.1 Å². The van der Waals surface area contributed by atoms with Crippen molar-refractivity contribution < 1.29 is 18.0 Å². The quantitative estimate of drug-likeness (QED) is 0.416. The van der Waals surface area contributed by atoms with E-state index in [2.05, 4.69) is 37.2 Å². The zero-order valence-corrected chi connectivity index (χ0v) is 24.5. The van der Waals surface area contributed by atoms with Crippen LogP contribution in [-0.4, -0.2) is 73.1 Å². The van der Waals surface area contributed by atoms with Crippen LogP contribution in [-0.2, 0) is 23.0 Å². The zero-order valence-electron chi connectivity index (χ0n) is 22.8. The monoisotopic (exact) mass is 570 g/mol. The van der Waals surface area contributed by atoms with Crippen molar-refractivity contribution in [1.29, 1.82) is 0 Å². The van der Waals surface area contributed by atoms with Gasteiger partial charge in [-0.05, 0) is 69.4 Å². The van der Waals surface area contributed by atoms with Gasteiger partial charge in [-0.3, -0.25) is 14.5 Å². The van der Waals surface area contributed by atoms with Crippen molar-refractivity contribution in [2.45, 2.75) is 57.0 Å². The molecule has 8 nitrogen and oxygen atoms in total. The largest absolute Gasteiger partial charge is 0.339 e. The zero-order chi connectivity index (χ0) is 28.2. The summed E-state index contributed by atoms with van der Waals surface area (Å²) in [6, 6.07) is 6.26. The third-order valence-corrected chi connectivity index (χ3v) is 10.3. The summed E-state index contributed by atoms with van der Waals surface area (Å²) in [5.74, 6) is -0.383. The molecule has 0 bridgehead atoms. The maximum atomic E-state index is 13.7. The van der Waals surface area contributed by atoms with Gasteiger partial charge in [0.15, 0.2) is 0 Å². The van der Waals surface area contributed by atoms with E-state index in [1.54, 1.807) is 0 Å². The van der Waals surface area contributed by atoms with Gasteiger partial charge in [-0.2, -0.15) is 4.31 Å². The molecule has 0 aliphatic carbocycles. The van der Waals surface area contributed by atoms with E-state index in [9.17, 15) is 18.0 Å². The Kier molecular flexibility index (Phi) is 9.43. The standard InChI is InChI=1S/C29H38N4O4S2/c1-5-15-33(16-6-2)39(36,37)23-12-10-22(11-13-23)27(34)30-28-26(29(35)31-17-8-7-9-18-31)24-14-19-32(21(3)4)20-25(24)38-28/h5-6,10-13,21H,1-2,7-9,14-20H2,3-4H3,(H,30,34). The van der Waals surface area contributed by atoms with E-state index in [4.69, 9.17) is 0 Å². The normalized spacial score (nSPS) is 16.3. The van der Waals surface area contributed by atoms with Gasteiger partial charge in [-0.25, -0.2) is 8.42 Å². The van der Waals surface area contributed by atoms with Gasteiger partial charge in [-0.15, -0.1) is 24.5 Å². The van der Waals surface area contributed by atoms with Crippen molar-refractivity contribution >= 4 is 38.2 Å². The summed E-state index contributed by atoms with van der Waals surface area (Å²) < 4.78 is 27.3. The molecular weight excluding hydrogens is 532 g/mol. The van der Waals surface area contributed by atoms with Crippen molar-refractivity contribution in [3.05, 3.63) is 71.1 Å². The SMILES string of the molecule is C=CCN(CC=C)S(=O)(=O)c1ccc(C(=O)Nc2sc3c(c2C(=O)N2CCCCC2)CCN(C(C)C)C3)cc1. The van der Waals surface area contributed by atoms with Crippen LogP contribution in [0.4, 0.5) is 5.00 Å². The molecule has 10 heteroatoms. The number of amides is 2. The average Bonchev–Trinajstić information content (AvgIpc) is 3.29. The summed E-state index contributed by atoms with van der Waals surface area (Å²) in [7, 11) is -3.77. The highest BCUT2D eigenvalue weighted by atomic mass is 32.2. The van der Waals surface area contributed by atoms with Crippen molar-refractivity contribution in [3.8, 4) is 0 Å². The third kappa shape index (κ3) is 6.35. The van der Waals surface area contributed by atoms with Gasteiger partial charge in [0.25, 0.3) is 11.8 Å². The molecule has 1 fully saturated rings. The Hall–Kier alpha value is -2.79. The number of rotatable bonds is 10. The number of hydrogen-bond donors (Lipinski definition) is 1. The van der Waals surface area contributed by atoms with Crippen LogP contribution in [0, 0.1) is 0 Å². The first-order valence-electron chi connectivity index (χ1n) is 13.5. The summed E-state index contributed by atoms with van der Waals surface area (Å²) in [6.07, 6.45) is 6.93. The number of thiophene rings is 1. The lowest BCUT2D eigenvalue weighted by molar-refractivity contribution is 0.0723. The lowest BCUT2D eigenvalue weighted by Gasteiger charge is -2.31. The second kappa shape index (κ2) is 12.6. The first-order chi connectivity index (χ1) is 18.7. The van der Waals surface area contributed by atoms with E-state index < -0.39 is 10.0 Å². The molecule has 0 radical (unpaired) electrons. The van der Waals surface area contributed by atoms with E-state index in [0.717, 1.165) is 62.3 Å². The summed E-state index contributed by atoms with van der Waals surface area (Å²) in [6.45, 7) is 15.0. The number of benzene rings is 1. The Balaban J connectivity index is 1.60. The summed E-state index contributed by atoms with van der Waals surface area (Å²) >= 11 is 1.48. The van der Waals surface area contributed by atoms with E-state index in [-0.39, 0.29) is 29.8 Å². The number of nitrogens with one attached hydrogen (secondary N) is 1. The Labute approximate surface area is 236 Å². The molecule has 39 heavy (non-hydrogen) atoms. The molecule has 1 saturated heterocycles. The molecule has 2 aliphatic rings. The second-order valence-corrected chi connectivity index (χ2v) is 13.3.